The molecule has 0 aliphatic carbocycles. The summed E-state index contributed by atoms with van der Waals surface area (Å²) in [6.07, 6.45) is 0.324. The Morgan fingerprint density at radius 3 is 2.33 bits per heavy atom. The van der Waals surface area contributed by atoms with E-state index < -0.39 is 23.7 Å². The van der Waals surface area contributed by atoms with Crippen molar-refractivity contribution in [1.82, 2.24) is 10.6 Å². The largest absolute Gasteiger partial charge is 0.467 e. The van der Waals surface area contributed by atoms with E-state index in [1.165, 1.54) is 7.11 Å². The Labute approximate surface area is 130 Å². The van der Waals surface area contributed by atoms with Gasteiger partial charge in [-0.05, 0) is 33.6 Å². The molecule has 7 nitrogen and oxygen atoms in total. The maximum atomic E-state index is 11.5. The highest BCUT2D eigenvalue weighted by Gasteiger charge is 2.21. The highest BCUT2D eigenvalue weighted by Crippen LogP contribution is 2.06. The van der Waals surface area contributed by atoms with Crippen LogP contribution in [0.1, 0.15) is 33.6 Å². The van der Waals surface area contributed by atoms with Crippen LogP contribution in [0.25, 0.3) is 0 Å². The first kappa shape index (κ1) is 19.6. The number of alkyl carbamates (subject to hydrolysis) is 1. The second-order valence-corrected chi connectivity index (χ2v) is 5.69. The Morgan fingerprint density at radius 2 is 1.86 bits per heavy atom. The average molecular weight is 320 g/mol. The maximum Gasteiger partial charge on any atom is 0.407 e. The maximum absolute atomic E-state index is 11.5. The molecule has 0 aliphatic heterocycles. The van der Waals surface area contributed by atoms with E-state index in [0.29, 0.717) is 19.4 Å². The van der Waals surface area contributed by atoms with Gasteiger partial charge in [0.05, 0.1) is 12.9 Å². The van der Waals surface area contributed by atoms with E-state index in [4.69, 9.17) is 4.74 Å². The van der Waals surface area contributed by atoms with Crippen LogP contribution in [-0.2, 0) is 19.1 Å². The van der Waals surface area contributed by atoms with E-state index in [1.54, 1.807) is 20.8 Å². The van der Waals surface area contributed by atoms with Gasteiger partial charge in [0.1, 0.15) is 11.6 Å². The van der Waals surface area contributed by atoms with Crippen LogP contribution < -0.4 is 10.6 Å². The van der Waals surface area contributed by atoms with Crippen molar-refractivity contribution in [3.63, 3.8) is 0 Å². The number of esters is 1. The van der Waals surface area contributed by atoms with E-state index in [2.05, 4.69) is 28.0 Å². The van der Waals surface area contributed by atoms with Gasteiger partial charge in [0.15, 0.2) is 0 Å². The number of hydrogen-bond acceptors (Lipinski definition) is 6. The number of methoxy groups -OCH3 is 1. The topological polar surface area (TPSA) is 93.7 Å². The fourth-order valence-electron chi connectivity index (χ4n) is 1.44. The second-order valence-electron chi connectivity index (χ2n) is 5.37. The van der Waals surface area contributed by atoms with Crippen molar-refractivity contribution in [2.75, 3.05) is 19.4 Å². The number of carbonyl (C=O) groups excluding carboxylic acids is 3. The Hall–Kier alpha value is -1.44. The molecule has 0 saturated carbocycles. The minimum Gasteiger partial charge on any atom is -0.467 e. The summed E-state index contributed by atoms with van der Waals surface area (Å²) >= 11 is 3.83. The zero-order valence-electron chi connectivity index (χ0n) is 12.9. The fourth-order valence-corrected chi connectivity index (χ4v) is 1.53. The number of hydrogen-bond donors (Lipinski definition) is 3. The highest BCUT2D eigenvalue weighted by atomic mass is 32.1. The van der Waals surface area contributed by atoms with Gasteiger partial charge in [-0.2, -0.15) is 12.6 Å². The van der Waals surface area contributed by atoms with E-state index >= 15 is 0 Å². The van der Waals surface area contributed by atoms with E-state index in [0.717, 1.165) is 0 Å². The molecule has 1 atom stereocenters. The van der Waals surface area contributed by atoms with Gasteiger partial charge >= 0.3 is 12.1 Å². The van der Waals surface area contributed by atoms with Crippen molar-refractivity contribution in [2.24, 2.45) is 0 Å². The normalized spacial score (nSPS) is 12.2. The highest BCUT2D eigenvalue weighted by molar-refractivity contribution is 7.81. The predicted molar refractivity (Wildman–Crippen MR) is 81.3 cm³/mol. The van der Waals surface area contributed by atoms with Gasteiger partial charge in [0.25, 0.3) is 0 Å². The summed E-state index contributed by atoms with van der Waals surface area (Å²) < 4.78 is 9.68. The molecule has 0 heterocycles. The van der Waals surface area contributed by atoms with Crippen LogP contribution in [-0.4, -0.2) is 49.0 Å². The van der Waals surface area contributed by atoms with E-state index in [9.17, 15) is 14.4 Å². The van der Waals surface area contributed by atoms with Gasteiger partial charge in [-0.3, -0.25) is 4.79 Å². The van der Waals surface area contributed by atoms with Gasteiger partial charge in [0, 0.05) is 6.54 Å². The fraction of sp³-hybridized carbons (Fsp3) is 0.769. The molecule has 2 amide bonds. The van der Waals surface area contributed by atoms with Crippen LogP contribution in [0.4, 0.5) is 4.79 Å². The molecule has 0 spiro atoms. The molecule has 0 bridgehead atoms. The van der Waals surface area contributed by atoms with Gasteiger partial charge in [-0.25, -0.2) is 9.59 Å². The molecular formula is C13H24N2O5S. The molecule has 0 rings (SSSR count). The molecule has 21 heavy (non-hydrogen) atoms. The Bertz CT molecular complexity index is 368. The van der Waals surface area contributed by atoms with Crippen LogP contribution in [0.15, 0.2) is 0 Å². The molecule has 122 valence electrons. The number of ether oxygens (including phenoxy) is 2. The molecule has 0 saturated heterocycles. The first-order valence-electron chi connectivity index (χ1n) is 6.64. The molecule has 0 radical (unpaired) electrons. The van der Waals surface area contributed by atoms with Crippen LogP contribution >= 0.6 is 12.6 Å². The summed E-state index contributed by atoms with van der Waals surface area (Å²) in [5.41, 5.74) is -0.556. The van der Waals surface area contributed by atoms with Crippen LogP contribution in [0.2, 0.25) is 0 Å². The first-order valence-corrected chi connectivity index (χ1v) is 7.27. The number of amides is 2. The molecule has 0 aromatic rings. The van der Waals surface area contributed by atoms with Crippen molar-refractivity contribution >= 4 is 30.6 Å². The minimum absolute atomic E-state index is 0.0103. The molecule has 0 aromatic carbocycles. The molecule has 2 N–H and O–H groups in total. The van der Waals surface area contributed by atoms with Crippen molar-refractivity contribution in [2.45, 2.75) is 45.3 Å². The lowest BCUT2D eigenvalue weighted by molar-refractivity contribution is -0.145. The van der Waals surface area contributed by atoms with Crippen LogP contribution in [0, 0.1) is 0 Å². The van der Waals surface area contributed by atoms with Gasteiger partial charge in [-0.15, -0.1) is 0 Å². The smallest absolute Gasteiger partial charge is 0.407 e. The third-order valence-electron chi connectivity index (χ3n) is 2.30. The lowest BCUT2D eigenvalue weighted by Gasteiger charge is -2.20. The minimum atomic E-state index is -0.741. The van der Waals surface area contributed by atoms with Gasteiger partial charge in [-0.1, -0.05) is 0 Å². The monoisotopic (exact) mass is 320 g/mol. The lowest BCUT2D eigenvalue weighted by Crippen LogP contribution is -2.42. The molecule has 0 fully saturated rings. The van der Waals surface area contributed by atoms with E-state index in [1.807, 2.05) is 0 Å². The van der Waals surface area contributed by atoms with Crippen molar-refractivity contribution in [3.05, 3.63) is 0 Å². The van der Waals surface area contributed by atoms with Crippen molar-refractivity contribution in [3.8, 4) is 0 Å². The SMILES string of the molecule is COC(=O)[C@H](CCCNC(=O)OC(C)(C)C)NC(=O)CS. The lowest BCUT2D eigenvalue weighted by atomic mass is 10.1. The zero-order valence-corrected chi connectivity index (χ0v) is 13.8. The number of nitrogens with one attached hydrogen (secondary N) is 2. The summed E-state index contributed by atoms with van der Waals surface area (Å²) in [6, 6.07) is -0.741. The number of thiol groups is 1. The van der Waals surface area contributed by atoms with Crippen LogP contribution in [0.3, 0.4) is 0 Å². The summed E-state index contributed by atoms with van der Waals surface area (Å²) in [4.78, 5) is 34.2. The van der Waals surface area contributed by atoms with Gasteiger partial charge in [0.2, 0.25) is 5.91 Å². The predicted octanol–water partition coefficient (Wildman–Crippen LogP) is 0.879. The summed E-state index contributed by atoms with van der Waals surface area (Å²) in [5, 5.41) is 5.09. The molecule has 0 aromatic heterocycles. The average Bonchev–Trinajstić information content (AvgIpc) is 2.38. The molecule has 0 unspecified atom stereocenters. The number of carbonyl (C=O) groups is 3. The zero-order chi connectivity index (χ0) is 16.5. The second kappa shape index (κ2) is 9.49. The van der Waals surface area contributed by atoms with Crippen molar-refractivity contribution in [1.29, 1.82) is 0 Å². The number of rotatable bonds is 7. The van der Waals surface area contributed by atoms with E-state index in [-0.39, 0.29) is 11.7 Å². The summed E-state index contributed by atoms with van der Waals surface area (Å²) in [6.45, 7) is 5.64. The molecule has 0 aliphatic rings. The van der Waals surface area contributed by atoms with Gasteiger partial charge < -0.3 is 20.1 Å². The van der Waals surface area contributed by atoms with Crippen LogP contribution in [0.5, 0.6) is 0 Å². The van der Waals surface area contributed by atoms with Crippen molar-refractivity contribution < 1.29 is 23.9 Å². The standard InChI is InChI=1S/C13H24N2O5S/c1-13(2,3)20-12(18)14-7-5-6-9(11(17)19-4)15-10(16)8-21/h9,21H,5-8H2,1-4H3,(H,14,18)(H,15,16)/t9-/m0/s1. The third kappa shape index (κ3) is 10.0. The summed E-state index contributed by atoms with van der Waals surface area (Å²) in [7, 11) is 1.25. The molecule has 8 heteroatoms. The first-order chi connectivity index (χ1) is 9.69. The Balaban J connectivity index is 4.11. The quantitative estimate of drug-likeness (QED) is 0.368. The Kier molecular flexibility index (Phi) is 8.84. The third-order valence-corrected chi connectivity index (χ3v) is 2.59. The Morgan fingerprint density at radius 1 is 1.24 bits per heavy atom. The molecular weight excluding hydrogens is 296 g/mol. The summed E-state index contributed by atoms with van der Waals surface area (Å²) in [5.74, 6) is -0.889.